The Labute approximate surface area is 183 Å². The summed E-state index contributed by atoms with van der Waals surface area (Å²) in [7, 11) is 2.87. The molecule has 1 aromatic heterocycles. The molecule has 1 aliphatic rings. The minimum Gasteiger partial charge on any atom is -0.507 e. The van der Waals surface area contributed by atoms with Crippen LogP contribution < -0.4 is 14.4 Å². The van der Waals surface area contributed by atoms with Gasteiger partial charge in [-0.1, -0.05) is 0 Å². The van der Waals surface area contributed by atoms with E-state index in [0.29, 0.717) is 17.2 Å². The van der Waals surface area contributed by atoms with Gasteiger partial charge in [-0.25, -0.2) is 4.39 Å². The summed E-state index contributed by atoms with van der Waals surface area (Å²) >= 11 is 0. The number of hydrogen-bond donors (Lipinski definition) is 1. The number of nitrogens with zero attached hydrogens (tertiary/aromatic N) is 1. The van der Waals surface area contributed by atoms with Gasteiger partial charge in [-0.05, 0) is 61.5 Å². The first-order valence-electron chi connectivity index (χ1n) is 9.71. The van der Waals surface area contributed by atoms with Gasteiger partial charge in [0.1, 0.15) is 40.6 Å². The maximum atomic E-state index is 14.0. The number of aliphatic hydroxyl groups excluding tert-OH is 1. The number of methoxy groups -OCH3 is 2. The standard InChI is InChI=1S/C24H20FNO6/c1-13-4-10-19(32-13)21-20(22(27)17-12-14(25)5-11-18(17)31-3)23(28)24(29)26(21)15-6-8-16(30-2)9-7-15/h4-12,21,27H,1-3H3/b22-20+. The van der Waals surface area contributed by atoms with Crippen LogP contribution in [0.1, 0.15) is 23.1 Å². The fourth-order valence-corrected chi connectivity index (χ4v) is 3.72. The molecule has 164 valence electrons. The normalized spacial score (nSPS) is 17.6. The lowest BCUT2D eigenvalue weighted by Crippen LogP contribution is -2.29. The number of aliphatic hydroxyl groups is 1. The lowest BCUT2D eigenvalue weighted by molar-refractivity contribution is -0.132. The van der Waals surface area contributed by atoms with Crippen molar-refractivity contribution in [1.82, 2.24) is 0 Å². The quantitative estimate of drug-likeness (QED) is 0.362. The first kappa shape index (κ1) is 21.2. The number of anilines is 1. The number of Topliss-reactive ketones (excluding diaryl/α,β-unsaturated/α-hetero) is 1. The molecular weight excluding hydrogens is 417 g/mol. The smallest absolute Gasteiger partial charge is 0.300 e. The Balaban J connectivity index is 1.95. The maximum Gasteiger partial charge on any atom is 0.300 e. The summed E-state index contributed by atoms with van der Waals surface area (Å²) in [4.78, 5) is 27.4. The van der Waals surface area contributed by atoms with Crippen LogP contribution in [0.2, 0.25) is 0 Å². The van der Waals surface area contributed by atoms with Crippen LogP contribution in [0.3, 0.4) is 0 Å². The predicted octanol–water partition coefficient (Wildman–Crippen LogP) is 4.37. The molecule has 1 fully saturated rings. The predicted molar refractivity (Wildman–Crippen MR) is 114 cm³/mol. The third-order valence-corrected chi connectivity index (χ3v) is 5.24. The molecule has 3 aromatic rings. The molecule has 0 aliphatic carbocycles. The SMILES string of the molecule is COc1ccc(N2C(=O)C(=O)/C(=C(/O)c3cc(F)ccc3OC)C2c2ccc(C)o2)cc1. The van der Waals surface area contributed by atoms with Crippen molar-refractivity contribution in [2.24, 2.45) is 0 Å². The summed E-state index contributed by atoms with van der Waals surface area (Å²) in [5.41, 5.74) is 0.120. The first-order valence-corrected chi connectivity index (χ1v) is 9.71. The number of rotatable bonds is 5. The molecule has 2 heterocycles. The second-order valence-corrected chi connectivity index (χ2v) is 7.16. The van der Waals surface area contributed by atoms with Gasteiger partial charge >= 0.3 is 0 Å². The number of carbonyl (C=O) groups is 2. The summed E-state index contributed by atoms with van der Waals surface area (Å²) in [6, 6.07) is 12.3. The Morgan fingerprint density at radius 1 is 1.03 bits per heavy atom. The van der Waals surface area contributed by atoms with E-state index < -0.39 is 29.3 Å². The summed E-state index contributed by atoms with van der Waals surface area (Å²) in [6.07, 6.45) is 0. The van der Waals surface area contributed by atoms with E-state index in [-0.39, 0.29) is 22.6 Å². The highest BCUT2D eigenvalue weighted by Gasteiger charge is 2.48. The van der Waals surface area contributed by atoms with Gasteiger partial charge in [-0.3, -0.25) is 14.5 Å². The van der Waals surface area contributed by atoms with Gasteiger partial charge in [-0.15, -0.1) is 0 Å². The Morgan fingerprint density at radius 3 is 2.34 bits per heavy atom. The van der Waals surface area contributed by atoms with Crippen molar-refractivity contribution in [3.05, 3.63) is 83.1 Å². The molecule has 1 atom stereocenters. The number of ketones is 1. The summed E-state index contributed by atoms with van der Waals surface area (Å²) in [5.74, 6) is -1.43. The fourth-order valence-electron chi connectivity index (χ4n) is 3.72. The summed E-state index contributed by atoms with van der Waals surface area (Å²) < 4.78 is 30.1. The Kier molecular flexibility index (Phi) is 5.44. The van der Waals surface area contributed by atoms with Gasteiger partial charge < -0.3 is 19.0 Å². The zero-order valence-electron chi connectivity index (χ0n) is 17.6. The van der Waals surface area contributed by atoms with E-state index in [1.807, 2.05) is 0 Å². The minimum absolute atomic E-state index is 0.0477. The number of aryl methyl sites for hydroxylation is 1. The molecule has 1 N–H and O–H groups in total. The van der Waals surface area contributed by atoms with Gasteiger partial charge in [0.15, 0.2) is 0 Å². The highest BCUT2D eigenvalue weighted by Crippen LogP contribution is 2.44. The molecular formula is C24H20FNO6. The van der Waals surface area contributed by atoms with Crippen molar-refractivity contribution < 1.29 is 33.0 Å². The van der Waals surface area contributed by atoms with Crippen LogP contribution in [0, 0.1) is 12.7 Å². The van der Waals surface area contributed by atoms with Crippen LogP contribution >= 0.6 is 0 Å². The van der Waals surface area contributed by atoms with E-state index in [0.717, 1.165) is 6.07 Å². The van der Waals surface area contributed by atoms with E-state index in [1.165, 1.54) is 31.3 Å². The second-order valence-electron chi connectivity index (χ2n) is 7.16. The van der Waals surface area contributed by atoms with Gasteiger partial charge in [0.2, 0.25) is 0 Å². The highest BCUT2D eigenvalue weighted by atomic mass is 19.1. The number of ether oxygens (including phenoxy) is 2. The second kappa shape index (κ2) is 8.22. The number of hydrogen-bond acceptors (Lipinski definition) is 6. The van der Waals surface area contributed by atoms with Crippen LogP contribution in [-0.2, 0) is 9.59 Å². The Hall–Kier alpha value is -4.07. The highest BCUT2D eigenvalue weighted by molar-refractivity contribution is 6.51. The zero-order chi connectivity index (χ0) is 23.0. The van der Waals surface area contributed by atoms with Crippen molar-refractivity contribution in [2.75, 3.05) is 19.1 Å². The third kappa shape index (κ3) is 3.49. The van der Waals surface area contributed by atoms with E-state index in [9.17, 15) is 19.1 Å². The van der Waals surface area contributed by atoms with Crippen molar-refractivity contribution in [2.45, 2.75) is 13.0 Å². The van der Waals surface area contributed by atoms with Crippen LogP contribution in [0.15, 0.2) is 64.6 Å². The van der Waals surface area contributed by atoms with Crippen LogP contribution in [0.5, 0.6) is 11.5 Å². The lowest BCUT2D eigenvalue weighted by Gasteiger charge is -2.23. The van der Waals surface area contributed by atoms with Gasteiger partial charge in [0, 0.05) is 5.69 Å². The van der Waals surface area contributed by atoms with Crippen LogP contribution in [0.25, 0.3) is 5.76 Å². The molecule has 1 aliphatic heterocycles. The van der Waals surface area contributed by atoms with E-state index in [4.69, 9.17) is 13.9 Å². The molecule has 1 amide bonds. The third-order valence-electron chi connectivity index (χ3n) is 5.24. The molecule has 0 spiro atoms. The van der Waals surface area contributed by atoms with E-state index in [1.54, 1.807) is 43.3 Å². The fraction of sp³-hybridized carbons (Fsp3) is 0.167. The maximum absolute atomic E-state index is 14.0. The Bertz CT molecular complexity index is 1230. The zero-order valence-corrected chi connectivity index (χ0v) is 17.6. The van der Waals surface area contributed by atoms with Crippen molar-refractivity contribution in [1.29, 1.82) is 0 Å². The molecule has 2 aromatic carbocycles. The molecule has 4 rings (SSSR count). The molecule has 8 heteroatoms. The molecule has 0 bridgehead atoms. The number of halogens is 1. The van der Waals surface area contributed by atoms with Gasteiger partial charge in [-0.2, -0.15) is 0 Å². The number of furan rings is 1. The molecule has 1 saturated heterocycles. The molecule has 32 heavy (non-hydrogen) atoms. The van der Waals surface area contributed by atoms with Crippen molar-refractivity contribution >= 4 is 23.1 Å². The first-order chi connectivity index (χ1) is 15.3. The average Bonchev–Trinajstić information content (AvgIpc) is 3.34. The monoisotopic (exact) mass is 437 g/mol. The van der Waals surface area contributed by atoms with Gasteiger partial charge in [0.05, 0.1) is 25.4 Å². The minimum atomic E-state index is -1.06. The molecule has 0 radical (unpaired) electrons. The molecule has 7 nitrogen and oxygen atoms in total. The lowest BCUT2D eigenvalue weighted by atomic mass is 9.98. The Morgan fingerprint density at radius 2 is 1.75 bits per heavy atom. The van der Waals surface area contributed by atoms with Crippen molar-refractivity contribution in [3.63, 3.8) is 0 Å². The number of benzene rings is 2. The molecule has 0 saturated carbocycles. The van der Waals surface area contributed by atoms with Crippen LogP contribution in [-0.4, -0.2) is 31.0 Å². The summed E-state index contributed by atoms with van der Waals surface area (Å²) in [5, 5.41) is 11.1. The van der Waals surface area contributed by atoms with Crippen molar-refractivity contribution in [3.8, 4) is 11.5 Å². The topological polar surface area (TPSA) is 89.2 Å². The van der Waals surface area contributed by atoms with E-state index in [2.05, 4.69) is 0 Å². The van der Waals surface area contributed by atoms with Crippen LogP contribution in [0.4, 0.5) is 10.1 Å². The molecule has 1 unspecified atom stereocenters. The average molecular weight is 437 g/mol. The number of carbonyl (C=O) groups excluding carboxylic acids is 2. The largest absolute Gasteiger partial charge is 0.507 e. The summed E-state index contributed by atoms with van der Waals surface area (Å²) in [6.45, 7) is 1.72. The van der Waals surface area contributed by atoms with E-state index >= 15 is 0 Å². The van der Waals surface area contributed by atoms with Gasteiger partial charge in [0.25, 0.3) is 11.7 Å². The number of amides is 1.